The minimum absolute atomic E-state index is 0.166. The second-order valence-corrected chi connectivity index (χ2v) is 13.6. The highest BCUT2D eigenvalue weighted by Gasteiger charge is 2.40. The second kappa shape index (κ2) is 9.64. The number of benzene rings is 9. The first-order valence-electron chi connectivity index (χ1n) is 16.6. The monoisotopic (exact) mass is 596 g/mol. The van der Waals surface area contributed by atoms with E-state index in [4.69, 9.17) is 0 Å². The summed E-state index contributed by atoms with van der Waals surface area (Å²) in [5, 5.41) is 13.1. The van der Waals surface area contributed by atoms with Crippen molar-refractivity contribution in [1.82, 2.24) is 0 Å². The molecule has 47 heavy (non-hydrogen) atoms. The van der Waals surface area contributed by atoms with Crippen LogP contribution in [0.1, 0.15) is 25.0 Å². The number of rotatable bonds is 2. The molecule has 0 radical (unpaired) electrons. The average Bonchev–Trinajstić information content (AvgIpc) is 3.38. The van der Waals surface area contributed by atoms with Crippen molar-refractivity contribution in [3.8, 4) is 33.4 Å². The molecule has 10 rings (SSSR count). The molecule has 0 atom stereocenters. The maximum Gasteiger partial charge on any atom is 0.0171 e. The zero-order valence-electron chi connectivity index (χ0n) is 26.5. The van der Waals surface area contributed by atoms with Crippen LogP contribution in [0.25, 0.3) is 87.2 Å². The van der Waals surface area contributed by atoms with E-state index in [9.17, 15) is 0 Å². The Kier molecular flexibility index (Phi) is 5.44. The van der Waals surface area contributed by atoms with Crippen LogP contribution in [0.2, 0.25) is 0 Å². The van der Waals surface area contributed by atoms with E-state index in [0.29, 0.717) is 0 Å². The predicted molar refractivity (Wildman–Crippen MR) is 202 cm³/mol. The van der Waals surface area contributed by atoms with Gasteiger partial charge in [0.2, 0.25) is 0 Å². The van der Waals surface area contributed by atoms with E-state index in [0.717, 1.165) is 0 Å². The lowest BCUT2D eigenvalue weighted by molar-refractivity contribution is 0.672. The van der Waals surface area contributed by atoms with Crippen LogP contribution in [0.15, 0.2) is 158 Å². The van der Waals surface area contributed by atoms with E-state index in [2.05, 4.69) is 172 Å². The number of hydrogen-bond donors (Lipinski definition) is 0. The zero-order chi connectivity index (χ0) is 31.3. The lowest BCUT2D eigenvalue weighted by Gasteiger charge is -2.26. The molecule has 0 heteroatoms. The van der Waals surface area contributed by atoms with Gasteiger partial charge in [0.15, 0.2) is 0 Å². The summed E-state index contributed by atoms with van der Waals surface area (Å²) in [6.45, 7) is 4.86. The van der Waals surface area contributed by atoms with E-state index >= 15 is 0 Å². The smallest absolute Gasteiger partial charge is 0.0171 e. The van der Waals surface area contributed by atoms with Crippen molar-refractivity contribution in [2.45, 2.75) is 19.3 Å². The maximum absolute atomic E-state index is 2.52. The van der Waals surface area contributed by atoms with Crippen molar-refractivity contribution in [2.24, 2.45) is 0 Å². The van der Waals surface area contributed by atoms with Crippen molar-refractivity contribution in [3.63, 3.8) is 0 Å². The fourth-order valence-electron chi connectivity index (χ4n) is 8.89. The third-order valence-electron chi connectivity index (χ3n) is 10.8. The average molecular weight is 597 g/mol. The normalized spacial score (nSPS) is 13.5. The van der Waals surface area contributed by atoms with Gasteiger partial charge >= 0.3 is 0 Å². The lowest BCUT2D eigenvalue weighted by atomic mass is 9.77. The van der Waals surface area contributed by atoms with Gasteiger partial charge in [0.05, 0.1) is 0 Å². The van der Waals surface area contributed by atoms with Crippen LogP contribution in [0.4, 0.5) is 0 Å². The fraction of sp³-hybridized carbons (Fsp3) is 0.0638. The lowest BCUT2D eigenvalue weighted by Crippen LogP contribution is -2.16. The van der Waals surface area contributed by atoms with Crippen LogP contribution >= 0.6 is 0 Å². The van der Waals surface area contributed by atoms with Gasteiger partial charge in [0.25, 0.3) is 0 Å². The van der Waals surface area contributed by atoms with Crippen molar-refractivity contribution in [2.75, 3.05) is 0 Å². The molecule has 1 aliphatic carbocycles. The molecule has 0 spiro atoms. The summed E-state index contributed by atoms with van der Waals surface area (Å²) in [7, 11) is 0. The van der Waals surface area contributed by atoms with Gasteiger partial charge in [-0.2, -0.15) is 0 Å². The van der Waals surface area contributed by atoms with E-state index in [1.807, 2.05) is 0 Å². The zero-order valence-corrected chi connectivity index (χ0v) is 26.5. The van der Waals surface area contributed by atoms with Crippen LogP contribution in [0.5, 0.6) is 0 Å². The Labute approximate surface area is 274 Å². The summed E-state index contributed by atoms with van der Waals surface area (Å²) in [6.07, 6.45) is 0. The molecule has 0 unspecified atom stereocenters. The van der Waals surface area contributed by atoms with Gasteiger partial charge in [-0.05, 0) is 111 Å². The van der Waals surface area contributed by atoms with E-state index < -0.39 is 0 Å². The van der Waals surface area contributed by atoms with E-state index in [1.165, 1.54) is 98.4 Å². The largest absolute Gasteiger partial charge is 0.0616 e. The van der Waals surface area contributed by atoms with Crippen LogP contribution in [0.3, 0.4) is 0 Å². The fourth-order valence-corrected chi connectivity index (χ4v) is 8.89. The highest BCUT2D eigenvalue weighted by atomic mass is 14.4. The SMILES string of the molecule is CC1(C)c2c(cc(-c3ccccc3-c3cc4ccccc4c4ccccc34)c3ccccc23)-c2c1c1ccccc1c1ccccc21. The Bertz CT molecular complexity index is 2760. The molecule has 9 aromatic rings. The summed E-state index contributed by atoms with van der Waals surface area (Å²) in [6, 6.07) is 58.7. The number of fused-ring (bicyclic) bond motifs is 13. The number of hydrogen-bond acceptors (Lipinski definition) is 0. The second-order valence-electron chi connectivity index (χ2n) is 13.6. The minimum Gasteiger partial charge on any atom is -0.0616 e. The molecule has 0 nitrogen and oxygen atoms in total. The standard InChI is InChI=1S/C47H32/c1-47(2)45-39-25-13-11-23-37(39)42(28-43(45)44-38-24-12-9-18-32(38)33-19-10-14-26-40(33)46(44)47)36-22-8-7-21-35(36)41-27-29-15-3-4-16-30(29)31-17-5-6-20-34(31)41/h3-28H,1-2H3. The Hall–Kier alpha value is -5.72. The molecular weight excluding hydrogens is 565 g/mol. The van der Waals surface area contributed by atoms with Gasteiger partial charge in [0.1, 0.15) is 0 Å². The van der Waals surface area contributed by atoms with Crippen molar-refractivity contribution < 1.29 is 0 Å². The molecule has 0 amide bonds. The third-order valence-corrected chi connectivity index (χ3v) is 10.8. The maximum atomic E-state index is 2.52. The van der Waals surface area contributed by atoms with Crippen molar-refractivity contribution >= 4 is 53.9 Å². The van der Waals surface area contributed by atoms with Gasteiger partial charge in [-0.15, -0.1) is 0 Å². The Morgan fingerprint density at radius 1 is 0.298 bits per heavy atom. The highest BCUT2D eigenvalue weighted by molar-refractivity contribution is 6.21. The van der Waals surface area contributed by atoms with Crippen molar-refractivity contribution in [3.05, 3.63) is 169 Å². The summed E-state index contributed by atoms with van der Waals surface area (Å²) in [5.41, 5.74) is 10.5. The Morgan fingerprint density at radius 2 is 0.702 bits per heavy atom. The van der Waals surface area contributed by atoms with Crippen LogP contribution < -0.4 is 0 Å². The summed E-state index contributed by atoms with van der Waals surface area (Å²) in [4.78, 5) is 0. The molecule has 0 heterocycles. The van der Waals surface area contributed by atoms with Crippen LogP contribution in [-0.2, 0) is 5.41 Å². The molecule has 9 aromatic carbocycles. The summed E-state index contributed by atoms with van der Waals surface area (Å²) < 4.78 is 0. The molecule has 0 aromatic heterocycles. The molecule has 0 fully saturated rings. The van der Waals surface area contributed by atoms with Gasteiger partial charge in [0, 0.05) is 5.41 Å². The molecule has 0 saturated carbocycles. The predicted octanol–water partition coefficient (Wildman–Crippen LogP) is 13.1. The quantitative estimate of drug-likeness (QED) is 0.174. The van der Waals surface area contributed by atoms with Crippen LogP contribution in [-0.4, -0.2) is 0 Å². The van der Waals surface area contributed by atoms with Gasteiger partial charge in [-0.3, -0.25) is 0 Å². The molecule has 1 aliphatic rings. The minimum atomic E-state index is -0.166. The van der Waals surface area contributed by atoms with Crippen LogP contribution in [0, 0.1) is 0 Å². The van der Waals surface area contributed by atoms with Gasteiger partial charge in [-0.25, -0.2) is 0 Å². The topological polar surface area (TPSA) is 0 Å². The van der Waals surface area contributed by atoms with Gasteiger partial charge < -0.3 is 0 Å². The first-order valence-corrected chi connectivity index (χ1v) is 16.6. The molecule has 0 aliphatic heterocycles. The molecule has 0 saturated heterocycles. The first-order chi connectivity index (χ1) is 23.1. The molecule has 0 bridgehead atoms. The summed E-state index contributed by atoms with van der Waals surface area (Å²) >= 11 is 0. The Morgan fingerprint density at radius 3 is 1.34 bits per heavy atom. The van der Waals surface area contributed by atoms with E-state index in [-0.39, 0.29) is 5.41 Å². The molecule has 0 N–H and O–H groups in total. The molecule has 220 valence electrons. The molecular formula is C47H32. The van der Waals surface area contributed by atoms with Gasteiger partial charge in [-0.1, -0.05) is 159 Å². The van der Waals surface area contributed by atoms with E-state index in [1.54, 1.807) is 0 Å². The van der Waals surface area contributed by atoms with Crippen molar-refractivity contribution in [1.29, 1.82) is 0 Å². The Balaban J connectivity index is 1.34. The highest BCUT2D eigenvalue weighted by Crippen LogP contribution is 2.58. The first kappa shape index (κ1) is 26.5. The third kappa shape index (κ3) is 3.59. The summed E-state index contributed by atoms with van der Waals surface area (Å²) in [5.74, 6) is 0.